The zero-order chi connectivity index (χ0) is 22.9. The molecule has 0 atom stereocenters. The molecule has 3 heterocycles. The van der Waals surface area contributed by atoms with Crippen LogP contribution in [-0.2, 0) is 9.84 Å². The minimum atomic E-state index is -2.69. The van der Waals surface area contributed by atoms with Crippen molar-refractivity contribution in [2.75, 3.05) is 50.8 Å². The Morgan fingerprint density at radius 3 is 1.30 bits per heavy atom. The largest absolute Gasteiger partial charge is 0.301 e. The van der Waals surface area contributed by atoms with Gasteiger partial charge in [0.15, 0.2) is 9.84 Å². The van der Waals surface area contributed by atoms with Crippen LogP contribution in [0.4, 0.5) is 8.78 Å². The fraction of sp³-hybridized carbons (Fsp3) is 1.00. The SMILES string of the molecule is CC(C)N1CCC(F)(F)CC1.CC(C)N1CCCC1.CC(C)N1CCS(=O)(=O)CC1. The molecular formula is C22H45F2N3O2S. The van der Waals surface area contributed by atoms with Crippen molar-refractivity contribution in [1.29, 1.82) is 0 Å². The quantitative estimate of drug-likeness (QED) is 0.651. The van der Waals surface area contributed by atoms with Crippen molar-refractivity contribution in [3.8, 4) is 0 Å². The normalized spacial score (nSPS) is 25.0. The monoisotopic (exact) mass is 453 g/mol. The summed E-state index contributed by atoms with van der Waals surface area (Å²) >= 11 is 0. The molecule has 0 saturated carbocycles. The molecule has 0 aromatic heterocycles. The number of piperidine rings is 1. The minimum Gasteiger partial charge on any atom is -0.301 e. The molecule has 0 unspecified atom stereocenters. The molecular weight excluding hydrogens is 408 g/mol. The second-order valence-electron chi connectivity index (χ2n) is 9.60. The predicted molar refractivity (Wildman–Crippen MR) is 122 cm³/mol. The molecule has 0 aliphatic carbocycles. The first-order valence-corrected chi connectivity index (χ1v) is 13.5. The molecule has 0 aromatic carbocycles. The summed E-state index contributed by atoms with van der Waals surface area (Å²) in [6.45, 7) is 18.0. The van der Waals surface area contributed by atoms with Gasteiger partial charge in [0.25, 0.3) is 5.92 Å². The molecule has 180 valence electrons. The standard InChI is InChI=1S/C8H15F2N.C7H15NO2S.C7H15N/c1-7(2)11-5-3-8(9,10)4-6-11;1-7(2)8-3-5-11(9,10)6-4-8;1-7(2)8-5-3-4-6-8/h2*7H,3-6H2,1-2H3;7H,3-6H2,1-2H3. The highest BCUT2D eigenvalue weighted by Gasteiger charge is 2.34. The van der Waals surface area contributed by atoms with E-state index in [2.05, 4.69) is 42.4 Å². The van der Waals surface area contributed by atoms with E-state index < -0.39 is 15.8 Å². The van der Waals surface area contributed by atoms with Crippen LogP contribution in [0.5, 0.6) is 0 Å². The lowest BCUT2D eigenvalue weighted by molar-refractivity contribution is -0.0603. The second-order valence-corrected chi connectivity index (χ2v) is 11.9. The zero-order valence-corrected chi connectivity index (χ0v) is 20.9. The van der Waals surface area contributed by atoms with Gasteiger partial charge in [0, 0.05) is 57.1 Å². The van der Waals surface area contributed by atoms with Gasteiger partial charge < -0.3 is 9.80 Å². The van der Waals surface area contributed by atoms with Crippen LogP contribution in [0.3, 0.4) is 0 Å². The summed E-state index contributed by atoms with van der Waals surface area (Å²) in [6, 6.07) is 1.66. The van der Waals surface area contributed by atoms with Crippen LogP contribution < -0.4 is 0 Å². The molecule has 0 N–H and O–H groups in total. The van der Waals surface area contributed by atoms with Crippen molar-refractivity contribution in [3.05, 3.63) is 0 Å². The lowest BCUT2D eigenvalue weighted by Crippen LogP contribution is -2.43. The molecule has 30 heavy (non-hydrogen) atoms. The molecule has 8 heteroatoms. The van der Waals surface area contributed by atoms with Gasteiger partial charge in [-0.3, -0.25) is 4.90 Å². The maximum absolute atomic E-state index is 12.6. The van der Waals surface area contributed by atoms with Crippen molar-refractivity contribution in [2.45, 2.75) is 91.3 Å². The lowest BCUT2D eigenvalue weighted by Gasteiger charge is -2.34. The van der Waals surface area contributed by atoms with E-state index >= 15 is 0 Å². The van der Waals surface area contributed by atoms with Crippen molar-refractivity contribution < 1.29 is 17.2 Å². The van der Waals surface area contributed by atoms with Gasteiger partial charge in [-0.05, 0) is 67.5 Å². The second kappa shape index (κ2) is 12.7. The molecule has 3 aliphatic rings. The average Bonchev–Trinajstić information content (AvgIpc) is 3.17. The number of likely N-dealkylation sites (tertiary alicyclic amines) is 2. The van der Waals surface area contributed by atoms with Crippen LogP contribution in [0.25, 0.3) is 0 Å². The van der Waals surface area contributed by atoms with Gasteiger partial charge in [-0.15, -0.1) is 0 Å². The summed E-state index contributed by atoms with van der Waals surface area (Å²) < 4.78 is 47.2. The molecule has 5 nitrogen and oxygen atoms in total. The Bertz CT molecular complexity index is 553. The maximum Gasteiger partial charge on any atom is 0.250 e. The van der Waals surface area contributed by atoms with Gasteiger partial charge >= 0.3 is 0 Å². The summed E-state index contributed by atoms with van der Waals surface area (Å²) in [7, 11) is -2.69. The van der Waals surface area contributed by atoms with E-state index in [1.165, 1.54) is 25.9 Å². The predicted octanol–water partition coefficient (Wildman–Crippen LogP) is 3.74. The third-order valence-electron chi connectivity index (χ3n) is 6.24. The van der Waals surface area contributed by atoms with E-state index in [9.17, 15) is 17.2 Å². The van der Waals surface area contributed by atoms with Crippen molar-refractivity contribution in [2.24, 2.45) is 0 Å². The fourth-order valence-electron chi connectivity index (χ4n) is 3.87. The molecule has 3 saturated heterocycles. The Morgan fingerprint density at radius 2 is 0.967 bits per heavy atom. The minimum absolute atomic E-state index is 0.0329. The van der Waals surface area contributed by atoms with Gasteiger partial charge in [0.2, 0.25) is 0 Å². The topological polar surface area (TPSA) is 43.9 Å². The van der Waals surface area contributed by atoms with Crippen molar-refractivity contribution in [3.63, 3.8) is 0 Å². The highest BCUT2D eigenvalue weighted by atomic mass is 32.2. The van der Waals surface area contributed by atoms with Gasteiger partial charge in [-0.25, -0.2) is 17.2 Å². The van der Waals surface area contributed by atoms with Gasteiger partial charge in [-0.1, -0.05) is 0 Å². The molecule has 0 spiro atoms. The smallest absolute Gasteiger partial charge is 0.250 e. The highest BCUT2D eigenvalue weighted by Crippen LogP contribution is 2.28. The van der Waals surface area contributed by atoms with E-state index in [-0.39, 0.29) is 12.8 Å². The van der Waals surface area contributed by atoms with Crippen LogP contribution in [0.1, 0.15) is 67.2 Å². The first kappa shape index (κ1) is 27.7. The third kappa shape index (κ3) is 10.8. The molecule has 3 rings (SSSR count). The number of sulfone groups is 1. The Labute approximate surface area is 184 Å². The Morgan fingerprint density at radius 1 is 0.633 bits per heavy atom. The van der Waals surface area contributed by atoms with Crippen LogP contribution >= 0.6 is 0 Å². The average molecular weight is 454 g/mol. The number of hydrogen-bond donors (Lipinski definition) is 0. The van der Waals surface area contributed by atoms with Crippen molar-refractivity contribution >= 4 is 9.84 Å². The van der Waals surface area contributed by atoms with E-state index in [4.69, 9.17) is 0 Å². The van der Waals surface area contributed by atoms with Crippen LogP contribution in [0, 0.1) is 0 Å². The van der Waals surface area contributed by atoms with E-state index in [0.717, 1.165) is 6.04 Å². The van der Waals surface area contributed by atoms with Crippen LogP contribution in [0.15, 0.2) is 0 Å². The Hall–Kier alpha value is -0.310. The van der Waals surface area contributed by atoms with E-state index in [1.54, 1.807) is 0 Å². The summed E-state index contributed by atoms with van der Waals surface area (Å²) in [5, 5.41) is 0. The first-order valence-electron chi connectivity index (χ1n) is 11.6. The highest BCUT2D eigenvalue weighted by molar-refractivity contribution is 7.91. The Kier molecular flexibility index (Phi) is 11.7. The van der Waals surface area contributed by atoms with Gasteiger partial charge in [0.05, 0.1) is 11.5 Å². The Balaban J connectivity index is 0.000000228. The first-order chi connectivity index (χ1) is 13.8. The fourth-order valence-corrected chi connectivity index (χ4v) is 5.10. The summed E-state index contributed by atoms with van der Waals surface area (Å²) in [5.74, 6) is -1.72. The third-order valence-corrected chi connectivity index (χ3v) is 7.85. The van der Waals surface area contributed by atoms with Gasteiger partial charge in [0.1, 0.15) is 0 Å². The molecule has 3 aliphatic heterocycles. The maximum atomic E-state index is 12.6. The number of hydrogen-bond acceptors (Lipinski definition) is 5. The van der Waals surface area contributed by atoms with Crippen LogP contribution in [-0.4, -0.2) is 97.9 Å². The van der Waals surface area contributed by atoms with E-state index in [0.29, 0.717) is 49.8 Å². The molecule has 0 amide bonds. The summed E-state index contributed by atoms with van der Waals surface area (Å²) in [6.07, 6.45) is 2.90. The number of nitrogens with zero attached hydrogens (tertiary/aromatic N) is 3. The molecule has 0 bridgehead atoms. The zero-order valence-electron chi connectivity index (χ0n) is 20.0. The van der Waals surface area contributed by atoms with Crippen molar-refractivity contribution in [1.82, 2.24) is 14.7 Å². The molecule has 0 radical (unpaired) electrons. The summed E-state index contributed by atoms with van der Waals surface area (Å²) in [4.78, 5) is 6.82. The number of halogens is 2. The van der Waals surface area contributed by atoms with Crippen LogP contribution in [0.2, 0.25) is 0 Å². The van der Waals surface area contributed by atoms with Gasteiger partial charge in [-0.2, -0.15) is 0 Å². The number of rotatable bonds is 3. The van der Waals surface area contributed by atoms with E-state index in [1.807, 2.05) is 13.8 Å². The molecule has 0 aromatic rings. The summed E-state index contributed by atoms with van der Waals surface area (Å²) in [5.41, 5.74) is 0. The lowest BCUT2D eigenvalue weighted by atomic mass is 10.1. The molecule has 3 fully saturated rings. The number of alkyl halides is 2.